The average molecular weight is 323 g/mol. The van der Waals surface area contributed by atoms with Crippen LogP contribution in [0, 0.1) is 0 Å². The molecule has 3 N–H and O–H groups in total. The summed E-state index contributed by atoms with van der Waals surface area (Å²) in [5.41, 5.74) is 6.67. The van der Waals surface area contributed by atoms with Gasteiger partial charge in [0, 0.05) is 17.0 Å². The minimum atomic E-state index is -0.449. The highest BCUT2D eigenvalue weighted by Crippen LogP contribution is 2.21. The second-order valence-corrected chi connectivity index (χ2v) is 6.35. The van der Waals surface area contributed by atoms with Crippen molar-refractivity contribution in [3.05, 3.63) is 56.7 Å². The summed E-state index contributed by atoms with van der Waals surface area (Å²) >= 11 is 7.22. The van der Waals surface area contributed by atoms with Gasteiger partial charge in [-0.25, -0.2) is 0 Å². The van der Waals surface area contributed by atoms with E-state index in [0.29, 0.717) is 29.3 Å². The van der Waals surface area contributed by atoms with Crippen LogP contribution in [-0.2, 0) is 17.6 Å². The smallest absolute Gasteiger partial charge is 0.248 e. The zero-order valence-electron chi connectivity index (χ0n) is 11.3. The SMILES string of the molecule is NC(=O)c1cccc(CCNC(=O)Cc2ccc(Cl)s2)c1. The van der Waals surface area contributed by atoms with Gasteiger partial charge in [-0.2, -0.15) is 0 Å². The standard InChI is InChI=1S/C15H15ClN2O2S/c16-13-5-4-12(21-13)9-14(19)18-7-6-10-2-1-3-11(8-10)15(17)20/h1-5,8H,6-7,9H2,(H2,17,20)(H,18,19). The van der Waals surface area contributed by atoms with E-state index in [-0.39, 0.29) is 5.91 Å². The van der Waals surface area contributed by atoms with Gasteiger partial charge in [0.2, 0.25) is 11.8 Å². The maximum Gasteiger partial charge on any atom is 0.248 e. The van der Waals surface area contributed by atoms with Crippen molar-refractivity contribution in [3.8, 4) is 0 Å². The van der Waals surface area contributed by atoms with Gasteiger partial charge in [-0.05, 0) is 36.2 Å². The summed E-state index contributed by atoms with van der Waals surface area (Å²) < 4.78 is 0.682. The number of hydrogen-bond donors (Lipinski definition) is 2. The van der Waals surface area contributed by atoms with Crippen molar-refractivity contribution in [1.82, 2.24) is 5.32 Å². The number of rotatable bonds is 6. The largest absolute Gasteiger partial charge is 0.366 e. The van der Waals surface area contributed by atoms with Crippen molar-refractivity contribution in [2.24, 2.45) is 5.73 Å². The number of halogens is 1. The van der Waals surface area contributed by atoms with Gasteiger partial charge in [-0.3, -0.25) is 9.59 Å². The summed E-state index contributed by atoms with van der Waals surface area (Å²) in [7, 11) is 0. The molecule has 0 aliphatic carbocycles. The summed E-state index contributed by atoms with van der Waals surface area (Å²) in [6.45, 7) is 0.514. The quantitative estimate of drug-likeness (QED) is 0.857. The van der Waals surface area contributed by atoms with Crippen LogP contribution in [0.4, 0.5) is 0 Å². The summed E-state index contributed by atoms with van der Waals surface area (Å²) in [6, 6.07) is 10.7. The molecule has 6 heteroatoms. The fraction of sp³-hybridized carbons (Fsp3) is 0.200. The lowest BCUT2D eigenvalue weighted by molar-refractivity contribution is -0.120. The molecule has 2 rings (SSSR count). The molecule has 0 aliphatic rings. The van der Waals surface area contributed by atoms with Crippen LogP contribution in [0.15, 0.2) is 36.4 Å². The highest BCUT2D eigenvalue weighted by atomic mass is 35.5. The van der Waals surface area contributed by atoms with Crippen LogP contribution in [0.1, 0.15) is 20.8 Å². The summed E-state index contributed by atoms with van der Waals surface area (Å²) in [4.78, 5) is 23.8. The molecule has 1 aromatic carbocycles. The molecule has 0 spiro atoms. The molecule has 0 aliphatic heterocycles. The van der Waals surface area contributed by atoms with E-state index in [1.807, 2.05) is 12.1 Å². The fourth-order valence-corrected chi connectivity index (χ4v) is 2.98. The normalized spacial score (nSPS) is 10.3. The molecule has 0 atom stereocenters. The minimum absolute atomic E-state index is 0.0421. The van der Waals surface area contributed by atoms with Crippen molar-refractivity contribution in [2.45, 2.75) is 12.8 Å². The number of hydrogen-bond acceptors (Lipinski definition) is 3. The zero-order valence-corrected chi connectivity index (χ0v) is 12.8. The molecule has 0 unspecified atom stereocenters. The van der Waals surface area contributed by atoms with E-state index in [0.717, 1.165) is 10.4 Å². The molecule has 0 radical (unpaired) electrons. The Morgan fingerprint density at radius 2 is 2.05 bits per heavy atom. The van der Waals surface area contributed by atoms with E-state index in [2.05, 4.69) is 5.32 Å². The lowest BCUT2D eigenvalue weighted by atomic mass is 10.1. The highest BCUT2D eigenvalue weighted by molar-refractivity contribution is 7.16. The van der Waals surface area contributed by atoms with Gasteiger partial charge in [0.25, 0.3) is 0 Å². The van der Waals surface area contributed by atoms with Crippen molar-refractivity contribution < 1.29 is 9.59 Å². The Labute approximate surface area is 131 Å². The zero-order chi connectivity index (χ0) is 15.2. The number of nitrogens with one attached hydrogen (secondary N) is 1. The van der Waals surface area contributed by atoms with Gasteiger partial charge >= 0.3 is 0 Å². The average Bonchev–Trinajstić information content (AvgIpc) is 2.84. The van der Waals surface area contributed by atoms with Gasteiger partial charge in [0.05, 0.1) is 10.8 Å². The van der Waals surface area contributed by atoms with Gasteiger partial charge in [-0.15, -0.1) is 11.3 Å². The molecule has 110 valence electrons. The first kappa shape index (κ1) is 15.5. The number of nitrogens with two attached hydrogens (primary N) is 1. The molecule has 2 aromatic rings. The third kappa shape index (κ3) is 4.88. The first-order valence-corrected chi connectivity index (χ1v) is 7.63. The highest BCUT2D eigenvalue weighted by Gasteiger charge is 2.06. The van der Waals surface area contributed by atoms with Crippen LogP contribution in [0.5, 0.6) is 0 Å². The van der Waals surface area contributed by atoms with Crippen LogP contribution < -0.4 is 11.1 Å². The van der Waals surface area contributed by atoms with Gasteiger partial charge < -0.3 is 11.1 Å². The van der Waals surface area contributed by atoms with Crippen LogP contribution in [0.3, 0.4) is 0 Å². The predicted octanol–water partition coefficient (Wildman–Crippen LogP) is 2.40. The molecule has 0 bridgehead atoms. The summed E-state index contributed by atoms with van der Waals surface area (Å²) in [5, 5.41) is 2.85. The van der Waals surface area contributed by atoms with E-state index < -0.39 is 5.91 Å². The Bertz CT molecular complexity index is 655. The van der Waals surface area contributed by atoms with E-state index in [1.54, 1.807) is 24.3 Å². The third-order valence-electron chi connectivity index (χ3n) is 2.91. The molecule has 0 saturated heterocycles. The number of amides is 2. The Hall–Kier alpha value is -1.85. The predicted molar refractivity (Wildman–Crippen MR) is 84.7 cm³/mol. The van der Waals surface area contributed by atoms with Crippen LogP contribution in [0.2, 0.25) is 4.34 Å². The maximum absolute atomic E-state index is 11.8. The summed E-state index contributed by atoms with van der Waals surface area (Å²) in [5.74, 6) is -0.491. The van der Waals surface area contributed by atoms with Crippen LogP contribution >= 0.6 is 22.9 Å². The van der Waals surface area contributed by atoms with E-state index >= 15 is 0 Å². The topological polar surface area (TPSA) is 72.2 Å². The molecular weight excluding hydrogens is 308 g/mol. The second kappa shape index (κ2) is 7.24. The Morgan fingerprint density at radius 3 is 2.71 bits per heavy atom. The Balaban J connectivity index is 1.80. The van der Waals surface area contributed by atoms with Crippen molar-refractivity contribution in [3.63, 3.8) is 0 Å². The minimum Gasteiger partial charge on any atom is -0.366 e. The van der Waals surface area contributed by atoms with Crippen molar-refractivity contribution >= 4 is 34.8 Å². The van der Waals surface area contributed by atoms with Crippen LogP contribution in [0.25, 0.3) is 0 Å². The van der Waals surface area contributed by atoms with E-state index in [1.165, 1.54) is 11.3 Å². The number of primary amides is 1. The van der Waals surface area contributed by atoms with Crippen molar-refractivity contribution in [2.75, 3.05) is 6.54 Å². The molecule has 0 saturated carbocycles. The number of benzene rings is 1. The van der Waals surface area contributed by atoms with E-state index in [9.17, 15) is 9.59 Å². The van der Waals surface area contributed by atoms with Gasteiger partial charge in [-0.1, -0.05) is 23.7 Å². The number of carbonyl (C=O) groups excluding carboxylic acids is 2. The second-order valence-electron chi connectivity index (χ2n) is 4.55. The lowest BCUT2D eigenvalue weighted by Crippen LogP contribution is -2.27. The summed E-state index contributed by atoms with van der Waals surface area (Å²) in [6.07, 6.45) is 0.983. The molecule has 4 nitrogen and oxygen atoms in total. The molecular formula is C15H15ClN2O2S. The van der Waals surface area contributed by atoms with Gasteiger partial charge in [0.15, 0.2) is 0 Å². The first-order valence-electron chi connectivity index (χ1n) is 6.44. The third-order valence-corrected chi connectivity index (χ3v) is 4.14. The van der Waals surface area contributed by atoms with E-state index in [4.69, 9.17) is 17.3 Å². The van der Waals surface area contributed by atoms with Crippen molar-refractivity contribution in [1.29, 1.82) is 0 Å². The van der Waals surface area contributed by atoms with Gasteiger partial charge in [0.1, 0.15) is 0 Å². The molecule has 1 aromatic heterocycles. The Kier molecular flexibility index (Phi) is 5.36. The molecule has 2 amide bonds. The Morgan fingerprint density at radius 1 is 1.24 bits per heavy atom. The maximum atomic E-state index is 11.8. The monoisotopic (exact) mass is 322 g/mol. The molecule has 21 heavy (non-hydrogen) atoms. The fourth-order valence-electron chi connectivity index (χ4n) is 1.89. The lowest BCUT2D eigenvalue weighted by Gasteiger charge is -2.05. The first-order chi connectivity index (χ1) is 10.0. The number of carbonyl (C=O) groups is 2. The van der Waals surface area contributed by atoms with Crippen LogP contribution in [-0.4, -0.2) is 18.4 Å². The number of thiophene rings is 1. The molecule has 0 fully saturated rings. The molecule has 1 heterocycles.